The van der Waals surface area contributed by atoms with Crippen molar-refractivity contribution in [2.75, 3.05) is 27.2 Å². The molecular formula is C12H14F2N2O5S. The maximum Gasteiger partial charge on any atom is 0.321 e. The van der Waals surface area contributed by atoms with Crippen LogP contribution in [0, 0.1) is 11.6 Å². The summed E-state index contributed by atoms with van der Waals surface area (Å²) in [4.78, 5) is 22.5. The normalized spacial score (nSPS) is 11.1. The summed E-state index contributed by atoms with van der Waals surface area (Å²) in [5.74, 6) is -4.14. The molecule has 0 aliphatic heterocycles. The zero-order valence-electron chi connectivity index (χ0n) is 11.8. The topological polar surface area (TPSA) is 92.8 Å². The van der Waals surface area contributed by atoms with Gasteiger partial charge in [0.25, 0.3) is 5.91 Å². The molecule has 1 amide bonds. The van der Waals surface area contributed by atoms with Gasteiger partial charge in [-0.15, -0.1) is 0 Å². The van der Waals surface area contributed by atoms with Crippen LogP contribution in [0.2, 0.25) is 0 Å². The van der Waals surface area contributed by atoms with Gasteiger partial charge >= 0.3 is 5.97 Å². The predicted molar refractivity (Wildman–Crippen MR) is 71.2 cm³/mol. The Kier molecular flexibility index (Phi) is 5.94. The number of carbonyl (C=O) groups excluding carboxylic acids is 2. The lowest BCUT2D eigenvalue weighted by atomic mass is 10.3. The molecular weight excluding hydrogens is 322 g/mol. The zero-order valence-corrected chi connectivity index (χ0v) is 12.6. The summed E-state index contributed by atoms with van der Waals surface area (Å²) >= 11 is 0. The number of esters is 1. The van der Waals surface area contributed by atoms with E-state index in [1.807, 2.05) is 0 Å². The van der Waals surface area contributed by atoms with E-state index < -0.39 is 51.6 Å². The van der Waals surface area contributed by atoms with Gasteiger partial charge in [0.2, 0.25) is 10.0 Å². The quantitative estimate of drug-likeness (QED) is 0.731. The summed E-state index contributed by atoms with van der Waals surface area (Å²) in [6.45, 7) is -1.43. The molecule has 0 radical (unpaired) electrons. The van der Waals surface area contributed by atoms with Gasteiger partial charge in [0.05, 0.1) is 0 Å². The number of benzene rings is 1. The molecule has 0 spiro atoms. The summed E-state index contributed by atoms with van der Waals surface area (Å²) in [5.41, 5.74) is 0. The van der Waals surface area contributed by atoms with Crippen molar-refractivity contribution in [1.29, 1.82) is 0 Å². The van der Waals surface area contributed by atoms with Crippen LogP contribution in [0.3, 0.4) is 0 Å². The third-order valence-electron chi connectivity index (χ3n) is 2.45. The lowest BCUT2D eigenvalue weighted by Gasteiger charge is -2.11. The molecule has 1 rings (SSSR count). The number of ether oxygens (including phenoxy) is 1. The first-order valence-electron chi connectivity index (χ1n) is 5.94. The van der Waals surface area contributed by atoms with E-state index in [-0.39, 0.29) is 0 Å². The second-order valence-electron chi connectivity index (χ2n) is 4.32. The predicted octanol–water partition coefficient (Wildman–Crippen LogP) is -0.125. The second kappa shape index (κ2) is 7.27. The number of amides is 1. The molecule has 0 atom stereocenters. The highest BCUT2D eigenvalue weighted by molar-refractivity contribution is 7.89. The molecule has 0 bridgehead atoms. The maximum atomic E-state index is 13.4. The summed E-state index contributed by atoms with van der Waals surface area (Å²) in [6.07, 6.45) is 0. The standard InChI is InChI=1S/C12H14F2N2O5S/c1-16(2)10(17)7-21-11(18)6-15-22(19,20)12-8(13)4-3-5-9(12)14/h3-5,15H,6-7H2,1-2H3. The number of hydrogen-bond donors (Lipinski definition) is 1. The van der Waals surface area contributed by atoms with Gasteiger partial charge in [-0.25, -0.2) is 17.2 Å². The zero-order chi connectivity index (χ0) is 16.9. The molecule has 0 aliphatic carbocycles. The van der Waals surface area contributed by atoms with E-state index in [1.54, 1.807) is 4.72 Å². The molecule has 122 valence electrons. The molecule has 1 N–H and O–H groups in total. The lowest BCUT2D eigenvalue weighted by molar-refractivity contribution is -0.149. The molecule has 0 fully saturated rings. The number of likely N-dealkylation sites (N-methyl/N-ethyl adjacent to an activating group) is 1. The average Bonchev–Trinajstić information content (AvgIpc) is 2.42. The summed E-state index contributed by atoms with van der Waals surface area (Å²) in [6, 6.07) is 2.54. The molecule has 22 heavy (non-hydrogen) atoms. The van der Waals surface area contributed by atoms with Crippen molar-refractivity contribution in [3.63, 3.8) is 0 Å². The van der Waals surface area contributed by atoms with Gasteiger partial charge in [-0.05, 0) is 12.1 Å². The largest absolute Gasteiger partial charge is 0.455 e. The summed E-state index contributed by atoms with van der Waals surface area (Å²) < 4.78 is 56.5. The van der Waals surface area contributed by atoms with Crippen molar-refractivity contribution in [2.24, 2.45) is 0 Å². The van der Waals surface area contributed by atoms with Crippen molar-refractivity contribution >= 4 is 21.9 Å². The van der Waals surface area contributed by atoms with Gasteiger partial charge < -0.3 is 9.64 Å². The van der Waals surface area contributed by atoms with Gasteiger partial charge in [0.1, 0.15) is 18.2 Å². The SMILES string of the molecule is CN(C)C(=O)COC(=O)CNS(=O)(=O)c1c(F)cccc1F. The molecule has 0 unspecified atom stereocenters. The first-order chi connectivity index (χ1) is 10.1. The van der Waals surface area contributed by atoms with Crippen LogP contribution in [-0.2, 0) is 24.3 Å². The van der Waals surface area contributed by atoms with Gasteiger partial charge in [-0.3, -0.25) is 9.59 Å². The minimum Gasteiger partial charge on any atom is -0.455 e. The van der Waals surface area contributed by atoms with Gasteiger partial charge in [0.15, 0.2) is 11.5 Å². The van der Waals surface area contributed by atoms with Crippen LogP contribution < -0.4 is 4.72 Å². The first kappa shape index (κ1) is 18.0. The molecule has 0 saturated heterocycles. The Morgan fingerprint density at radius 3 is 2.27 bits per heavy atom. The third kappa shape index (κ3) is 4.74. The smallest absolute Gasteiger partial charge is 0.321 e. The third-order valence-corrected chi connectivity index (χ3v) is 3.90. The highest BCUT2D eigenvalue weighted by Gasteiger charge is 2.24. The van der Waals surface area contributed by atoms with Gasteiger partial charge in [0, 0.05) is 14.1 Å². The average molecular weight is 336 g/mol. The molecule has 1 aromatic rings. The fourth-order valence-electron chi connectivity index (χ4n) is 1.29. The molecule has 1 aromatic carbocycles. The molecule has 0 heterocycles. The number of hydrogen-bond acceptors (Lipinski definition) is 5. The highest BCUT2D eigenvalue weighted by Crippen LogP contribution is 2.17. The molecule has 0 aliphatic rings. The van der Waals surface area contributed by atoms with E-state index in [0.29, 0.717) is 0 Å². The van der Waals surface area contributed by atoms with Crippen LogP contribution in [0.25, 0.3) is 0 Å². The van der Waals surface area contributed by atoms with Crippen LogP contribution in [0.5, 0.6) is 0 Å². The highest BCUT2D eigenvalue weighted by atomic mass is 32.2. The van der Waals surface area contributed by atoms with Gasteiger partial charge in [-0.1, -0.05) is 6.07 Å². The number of nitrogens with one attached hydrogen (secondary N) is 1. The van der Waals surface area contributed by atoms with Crippen molar-refractivity contribution in [3.8, 4) is 0 Å². The molecule has 7 nitrogen and oxygen atoms in total. The maximum absolute atomic E-state index is 13.4. The van der Waals surface area contributed by atoms with Crippen molar-refractivity contribution in [1.82, 2.24) is 9.62 Å². The minimum absolute atomic E-state index is 0.503. The molecule has 0 aromatic heterocycles. The Bertz CT molecular complexity index is 656. The Labute approximate surface area is 125 Å². The summed E-state index contributed by atoms with van der Waals surface area (Å²) in [5, 5.41) is 0. The first-order valence-corrected chi connectivity index (χ1v) is 7.43. The van der Waals surface area contributed by atoms with E-state index in [2.05, 4.69) is 4.74 Å². The Balaban J connectivity index is 2.67. The van der Waals surface area contributed by atoms with E-state index in [0.717, 1.165) is 18.2 Å². The van der Waals surface area contributed by atoms with E-state index >= 15 is 0 Å². The molecule has 0 saturated carbocycles. The van der Waals surface area contributed by atoms with Crippen molar-refractivity contribution in [2.45, 2.75) is 4.90 Å². The number of halogens is 2. The fraction of sp³-hybridized carbons (Fsp3) is 0.333. The Hall–Kier alpha value is -2.07. The van der Waals surface area contributed by atoms with Crippen molar-refractivity contribution < 1.29 is 31.5 Å². The number of carbonyl (C=O) groups is 2. The monoisotopic (exact) mass is 336 g/mol. The van der Waals surface area contributed by atoms with Crippen LogP contribution in [0.4, 0.5) is 8.78 Å². The van der Waals surface area contributed by atoms with Crippen LogP contribution >= 0.6 is 0 Å². The second-order valence-corrected chi connectivity index (χ2v) is 6.03. The number of nitrogens with zero attached hydrogens (tertiary/aromatic N) is 1. The van der Waals surface area contributed by atoms with E-state index in [1.165, 1.54) is 19.0 Å². The lowest BCUT2D eigenvalue weighted by Crippen LogP contribution is -2.34. The van der Waals surface area contributed by atoms with Gasteiger partial charge in [-0.2, -0.15) is 4.72 Å². The fourth-order valence-corrected chi connectivity index (χ4v) is 2.39. The molecule has 10 heteroatoms. The van der Waals surface area contributed by atoms with Crippen LogP contribution in [0.1, 0.15) is 0 Å². The number of rotatable bonds is 6. The minimum atomic E-state index is -4.57. The Morgan fingerprint density at radius 1 is 1.23 bits per heavy atom. The van der Waals surface area contributed by atoms with E-state index in [4.69, 9.17) is 0 Å². The van der Waals surface area contributed by atoms with Crippen LogP contribution in [0.15, 0.2) is 23.1 Å². The summed E-state index contributed by atoms with van der Waals surface area (Å²) in [7, 11) is -1.68. The Morgan fingerprint density at radius 2 is 1.77 bits per heavy atom. The van der Waals surface area contributed by atoms with Crippen LogP contribution in [-0.4, -0.2) is 52.4 Å². The number of sulfonamides is 1. The van der Waals surface area contributed by atoms with E-state index in [9.17, 15) is 26.8 Å². The van der Waals surface area contributed by atoms with Crippen molar-refractivity contribution in [3.05, 3.63) is 29.8 Å².